The molecule has 2 heterocycles. The van der Waals surface area contributed by atoms with Gasteiger partial charge >= 0.3 is 5.97 Å². The molecule has 126 heavy (non-hydrogen) atoms. The number of aromatic hydroxyl groups is 2. The van der Waals surface area contributed by atoms with Crippen LogP contribution in [-0.4, -0.2) is 278 Å². The number of phenolic OH excluding ortho intramolecular Hbond substituents is 2. The first-order valence-corrected chi connectivity index (χ1v) is 43.4. The van der Waals surface area contributed by atoms with Crippen LogP contribution >= 0.6 is 11.8 Å². The van der Waals surface area contributed by atoms with Gasteiger partial charge in [0.25, 0.3) is 0 Å². The van der Waals surface area contributed by atoms with E-state index in [0.717, 1.165) is 26.5 Å². The molecule has 36 heteroatoms. The molecule has 35 nitrogen and oxygen atoms in total. The molecular formula is C90H122N16O19S. The largest absolute Gasteiger partial charge is 0.508 e. The summed E-state index contributed by atoms with van der Waals surface area (Å²) in [5, 5.41) is 68.5. The number of thioether (sulfide) groups is 1. The van der Waals surface area contributed by atoms with E-state index in [1.54, 1.807) is 119 Å². The molecule has 682 valence electrons. The number of rotatable bonds is 24. The molecule has 0 radical (unpaired) electrons. The van der Waals surface area contributed by atoms with Gasteiger partial charge in [-0.2, -0.15) is 0 Å². The van der Waals surface area contributed by atoms with Crippen molar-refractivity contribution in [3.63, 3.8) is 0 Å². The highest BCUT2D eigenvalue weighted by Gasteiger charge is 2.42. The van der Waals surface area contributed by atoms with Crippen LogP contribution in [0.5, 0.6) is 11.5 Å². The van der Waals surface area contributed by atoms with Gasteiger partial charge in [-0.3, -0.25) is 77.2 Å². The van der Waals surface area contributed by atoms with E-state index >= 15 is 28.8 Å². The Morgan fingerprint density at radius 3 is 1.58 bits per heavy atom. The monoisotopic (exact) mass is 1760 g/mol. The lowest BCUT2D eigenvalue weighted by Crippen LogP contribution is -2.61. The van der Waals surface area contributed by atoms with Crippen LogP contribution in [0.3, 0.4) is 0 Å². The number of aliphatic hydroxyl groups is 1. The summed E-state index contributed by atoms with van der Waals surface area (Å²) in [5.41, 5.74) is 8.67. The molecule has 0 bridgehead atoms. The van der Waals surface area contributed by atoms with Gasteiger partial charge in [0.15, 0.2) is 0 Å². The zero-order chi connectivity index (χ0) is 92.6. The molecule has 5 aromatic carbocycles. The third-order valence-corrected chi connectivity index (χ3v) is 22.8. The lowest BCUT2D eigenvalue weighted by Gasteiger charge is -2.37. The Morgan fingerprint density at radius 2 is 1.01 bits per heavy atom. The molecule has 0 spiro atoms. The van der Waals surface area contributed by atoms with Crippen LogP contribution in [-0.2, 0) is 104 Å². The number of aromatic nitrogens is 1. The summed E-state index contributed by atoms with van der Waals surface area (Å²) >= 11 is 0.864. The molecule has 1 aliphatic heterocycles. The molecule has 1 aliphatic rings. The number of hydrogen-bond donors (Lipinski definition) is 15. The second-order valence-electron chi connectivity index (χ2n) is 32.7. The molecule has 16 N–H and O–H groups in total. The van der Waals surface area contributed by atoms with E-state index in [1.807, 2.05) is 13.8 Å². The van der Waals surface area contributed by atoms with Gasteiger partial charge in [-0.1, -0.05) is 170 Å². The van der Waals surface area contributed by atoms with Crippen molar-refractivity contribution in [1.29, 1.82) is 0 Å². The number of nitrogens with one attached hydrogen (secondary N) is 10. The SMILES string of the molecule is CCCCC1NC(=O)CSCC(C(=O)NCC(N)=O)NC(=O)C(CC(C)C)NC(O)C(Cc2ccc(O)cc2)NC(=O)C(Cc2c[nH]c3ccccc23)NC(=O)CN(C)C(=O)C(Cc2ccc(O)cc2)NC(=O)C(Cc2ccccc2)N(C)C(=O)C(C(C)C)NC(=O)C(CC(=O)O)NC(=O)CN(C)C(=O)C(CCCC)N(C)C(=O)C(Cc2ccccc2)N(C)C1=O. The first-order chi connectivity index (χ1) is 59.9. The number of fused-ring (bicyclic) bond motifs is 1. The van der Waals surface area contributed by atoms with Gasteiger partial charge in [0.2, 0.25) is 82.7 Å². The van der Waals surface area contributed by atoms with Crippen molar-refractivity contribution in [2.45, 2.75) is 198 Å². The van der Waals surface area contributed by atoms with Crippen LogP contribution < -0.4 is 53.6 Å². The summed E-state index contributed by atoms with van der Waals surface area (Å²) < 4.78 is 0. The second kappa shape index (κ2) is 49.3. The average Bonchev–Trinajstić information content (AvgIpc) is 1.57. The number of para-hydroxylation sites is 1. The highest BCUT2D eigenvalue weighted by atomic mass is 32.2. The number of nitrogens with zero attached hydrogens (tertiary/aromatic N) is 5. The lowest BCUT2D eigenvalue weighted by atomic mass is 9.98. The van der Waals surface area contributed by atoms with E-state index in [4.69, 9.17) is 5.73 Å². The smallest absolute Gasteiger partial charge is 0.305 e. The number of phenols is 2. The fourth-order valence-corrected chi connectivity index (χ4v) is 15.6. The van der Waals surface area contributed by atoms with E-state index in [-0.39, 0.29) is 74.5 Å². The summed E-state index contributed by atoms with van der Waals surface area (Å²) in [5.74, 6) is -15.9. The fraction of sp³-hybridized carbons (Fsp3) is 0.478. The molecule has 12 unspecified atom stereocenters. The van der Waals surface area contributed by atoms with Crippen molar-refractivity contribution in [1.82, 2.24) is 77.3 Å². The number of carboxylic acids is 1. The number of carboxylic acid groups (broad SMARTS) is 1. The zero-order valence-electron chi connectivity index (χ0n) is 73.2. The number of aliphatic carboxylic acids is 1. The van der Waals surface area contributed by atoms with E-state index < -0.39 is 199 Å². The Balaban J connectivity index is 1.32. The van der Waals surface area contributed by atoms with Crippen LogP contribution in [0.15, 0.2) is 140 Å². The van der Waals surface area contributed by atoms with E-state index in [9.17, 15) is 63.6 Å². The Labute approximate surface area is 738 Å². The predicted octanol–water partition coefficient (Wildman–Crippen LogP) is 2.07. The molecular weight excluding hydrogens is 1640 g/mol. The predicted molar refractivity (Wildman–Crippen MR) is 472 cm³/mol. The van der Waals surface area contributed by atoms with Crippen molar-refractivity contribution in [3.05, 3.63) is 167 Å². The summed E-state index contributed by atoms with van der Waals surface area (Å²) in [7, 11) is 6.59. The number of carbonyl (C=O) groups excluding carboxylic acids is 14. The summed E-state index contributed by atoms with van der Waals surface area (Å²) in [6.45, 7) is 8.18. The molecule has 14 amide bonds. The lowest BCUT2D eigenvalue weighted by molar-refractivity contribution is -0.151. The zero-order valence-corrected chi connectivity index (χ0v) is 74.0. The Kier molecular flexibility index (Phi) is 39.4. The van der Waals surface area contributed by atoms with Crippen molar-refractivity contribution < 1.29 is 92.3 Å². The maximum absolute atomic E-state index is 15.4. The van der Waals surface area contributed by atoms with Gasteiger partial charge in [-0.25, -0.2) is 0 Å². The molecule has 1 saturated heterocycles. The number of aliphatic hydroxyl groups excluding tert-OH is 1. The Hall–Kier alpha value is -12.4. The van der Waals surface area contributed by atoms with E-state index in [0.29, 0.717) is 64.4 Å². The molecule has 7 rings (SSSR count). The molecule has 0 aliphatic carbocycles. The van der Waals surface area contributed by atoms with Crippen LogP contribution in [0.2, 0.25) is 0 Å². The number of carbonyl (C=O) groups is 15. The topological polar surface area (TPSA) is 503 Å². The summed E-state index contributed by atoms with van der Waals surface area (Å²) in [6, 6.07) is 19.6. The number of primary amides is 1. The standard InChI is InChI=1S/C90H122N16O19S/c1-12-14-29-64-87(122)106(11)73(44-56-26-20-17-21-27-56)89(124)104(9)71(31-15-13-2)88(123)103(8)50-76(111)96-68(46-78(113)114)84(119)101-79(54(5)6)90(125)105(10)72(43-55-24-18-16-19-25-55)85(120)99-69(42-58-34-38-61(108)39-35-58)86(121)102(7)49-75(110)95-67(45-59-47-92-63-30-23-22-28-62(59)63)83(118)98-66(41-57-32-36-60(107)37-33-57)82(117)97-65(40-53(3)4)81(116)100-70(51-126-52-77(112)94-64)80(115)93-48-74(91)109/h16-28,30,32-39,47,53-54,64-73,79,82,92,97,107-108,117H,12-15,29,31,40-46,48-52H2,1-11H3,(H2,91,109)(H,93,115)(H,94,112)(H,95,110)(H,96,111)(H,98,118)(H,99,120)(H,100,116)(H,101,119)(H,113,114). The number of hydrogen-bond acceptors (Lipinski definition) is 20. The van der Waals surface area contributed by atoms with E-state index in [2.05, 4.69) is 52.8 Å². The molecule has 1 fully saturated rings. The van der Waals surface area contributed by atoms with Gasteiger partial charge in [0.05, 0.1) is 43.9 Å². The third-order valence-electron chi connectivity index (χ3n) is 21.8. The Bertz CT molecular complexity index is 4710. The number of H-pyrrole nitrogens is 1. The minimum absolute atomic E-state index is 0.0205. The van der Waals surface area contributed by atoms with Gasteiger partial charge in [0, 0.05) is 83.8 Å². The van der Waals surface area contributed by atoms with Gasteiger partial charge in [0.1, 0.15) is 72.1 Å². The first-order valence-electron chi connectivity index (χ1n) is 42.2. The van der Waals surface area contributed by atoms with Crippen LogP contribution in [0, 0.1) is 11.8 Å². The van der Waals surface area contributed by atoms with Crippen molar-refractivity contribution in [2.24, 2.45) is 17.6 Å². The van der Waals surface area contributed by atoms with E-state index in [1.165, 1.54) is 93.6 Å². The number of nitrogens with two attached hydrogens (primary N) is 1. The minimum Gasteiger partial charge on any atom is -0.508 e. The highest BCUT2D eigenvalue weighted by molar-refractivity contribution is 8.00. The maximum Gasteiger partial charge on any atom is 0.305 e. The van der Waals surface area contributed by atoms with Crippen LogP contribution in [0.1, 0.15) is 121 Å². The van der Waals surface area contributed by atoms with Crippen molar-refractivity contribution >= 4 is 111 Å². The van der Waals surface area contributed by atoms with Crippen LogP contribution in [0.4, 0.5) is 0 Å². The van der Waals surface area contributed by atoms with Gasteiger partial charge in [-0.05, 0) is 95.7 Å². The molecule has 12 atom stereocenters. The molecule has 1 aromatic heterocycles. The average molecular weight is 1760 g/mol. The van der Waals surface area contributed by atoms with Crippen LogP contribution in [0.25, 0.3) is 10.9 Å². The quantitative estimate of drug-likeness (QED) is 0.0412. The minimum atomic E-state index is -1.89. The summed E-state index contributed by atoms with van der Waals surface area (Å²) in [4.78, 5) is 227. The number of aromatic amines is 1. The van der Waals surface area contributed by atoms with Crippen molar-refractivity contribution in [2.75, 3.05) is 66.4 Å². The summed E-state index contributed by atoms with van der Waals surface area (Å²) in [6.07, 6.45) is -0.228. The highest BCUT2D eigenvalue weighted by Crippen LogP contribution is 2.25. The molecule has 0 saturated carbocycles. The normalized spacial score (nSPS) is 22.8. The number of unbranched alkanes of at least 4 members (excludes halogenated alkanes) is 2. The third kappa shape index (κ3) is 30.8. The second-order valence-corrected chi connectivity index (χ2v) is 33.7. The fourth-order valence-electron chi connectivity index (χ4n) is 14.7. The van der Waals surface area contributed by atoms with Gasteiger partial charge in [-0.15, -0.1) is 11.8 Å². The van der Waals surface area contributed by atoms with Gasteiger partial charge < -0.3 is 98.2 Å². The first kappa shape index (κ1) is 101. The molecule has 6 aromatic rings. The van der Waals surface area contributed by atoms with Crippen molar-refractivity contribution in [3.8, 4) is 11.5 Å². The number of amides is 14. The maximum atomic E-state index is 15.4. The number of benzene rings is 5. The Morgan fingerprint density at radius 1 is 0.500 bits per heavy atom. The number of likely N-dealkylation sites (N-methyl/N-ethyl adjacent to an activating group) is 5.